The molecule has 8 nitrogen and oxygen atoms in total. The lowest BCUT2D eigenvalue weighted by Crippen LogP contribution is -2.31. The molecule has 2 heterocycles. The van der Waals surface area contributed by atoms with Gasteiger partial charge >= 0.3 is 0 Å². The molecule has 0 bridgehead atoms. The number of nitrogens with one attached hydrogen (secondary N) is 1. The minimum Gasteiger partial charge on any atom is -0.320 e. The summed E-state index contributed by atoms with van der Waals surface area (Å²) < 4.78 is 30.0. The molecule has 0 saturated carbocycles. The molecule has 0 spiro atoms. The average Bonchev–Trinajstić information content (AvgIpc) is 3.24. The first-order valence-corrected chi connectivity index (χ1v) is 11.6. The molecule has 0 aliphatic carbocycles. The Morgan fingerprint density at radius 3 is 2.16 bits per heavy atom. The number of aromatic nitrogens is 2. The van der Waals surface area contributed by atoms with E-state index in [4.69, 9.17) is 11.6 Å². The number of rotatable bonds is 4. The fourth-order valence-electron chi connectivity index (χ4n) is 3.52. The van der Waals surface area contributed by atoms with Crippen LogP contribution in [-0.4, -0.2) is 29.8 Å². The van der Waals surface area contributed by atoms with Gasteiger partial charge in [-0.25, -0.2) is 18.3 Å². The van der Waals surface area contributed by atoms with Crippen molar-refractivity contribution in [1.82, 2.24) is 9.55 Å². The number of hydrogen-bond donors (Lipinski definition) is 1. The Kier molecular flexibility index (Phi) is 5.14. The lowest BCUT2D eigenvalue weighted by molar-refractivity contribution is 0.0924. The number of imide groups is 1. The number of amides is 2. The molecule has 0 atom stereocenters. The maximum atomic E-state index is 13.2. The van der Waals surface area contributed by atoms with E-state index in [1.165, 1.54) is 41.4 Å². The second kappa shape index (κ2) is 7.46. The highest BCUT2D eigenvalue weighted by atomic mass is 35.5. The summed E-state index contributed by atoms with van der Waals surface area (Å²) in [5.41, 5.74) is 0.679. The Hall–Kier alpha value is -3.17. The van der Waals surface area contributed by atoms with Crippen molar-refractivity contribution in [2.75, 3.05) is 9.62 Å². The molecule has 2 amide bonds. The third kappa shape index (κ3) is 3.57. The summed E-state index contributed by atoms with van der Waals surface area (Å²) in [6, 6.07) is 9.28. The van der Waals surface area contributed by atoms with Crippen LogP contribution in [0, 0.1) is 0 Å². The number of carbonyl (C=O) groups is 2. The molecule has 1 aromatic heterocycles. The summed E-state index contributed by atoms with van der Waals surface area (Å²) in [5, 5.41) is 0.0560. The van der Waals surface area contributed by atoms with E-state index in [0.717, 1.165) is 10.5 Å². The second-order valence-electron chi connectivity index (χ2n) is 8.53. The van der Waals surface area contributed by atoms with E-state index in [-0.39, 0.29) is 38.0 Å². The maximum absolute atomic E-state index is 13.2. The third-order valence-corrected chi connectivity index (χ3v) is 6.98. The molecule has 4 rings (SSSR count). The van der Waals surface area contributed by atoms with Crippen molar-refractivity contribution in [1.29, 1.82) is 0 Å². The average molecular weight is 473 g/mol. The van der Waals surface area contributed by atoms with Gasteiger partial charge in [0.2, 0.25) is 0 Å². The van der Waals surface area contributed by atoms with Crippen molar-refractivity contribution in [3.63, 3.8) is 0 Å². The minimum absolute atomic E-state index is 0.0210. The molecular formula is C22H21ClN4O4S. The molecule has 0 unspecified atom stereocenters. The van der Waals surface area contributed by atoms with Crippen LogP contribution >= 0.6 is 11.6 Å². The van der Waals surface area contributed by atoms with Gasteiger partial charge in [0, 0.05) is 7.05 Å². The predicted molar refractivity (Wildman–Crippen MR) is 122 cm³/mol. The van der Waals surface area contributed by atoms with Crippen molar-refractivity contribution in [2.24, 2.45) is 7.05 Å². The number of benzene rings is 2. The number of sulfonamides is 1. The van der Waals surface area contributed by atoms with Gasteiger partial charge in [-0.1, -0.05) is 44.5 Å². The molecule has 1 N–H and O–H groups in total. The number of hydrogen-bond acceptors (Lipinski definition) is 5. The first-order valence-electron chi connectivity index (χ1n) is 9.73. The molecule has 2 aromatic carbocycles. The van der Waals surface area contributed by atoms with Crippen LogP contribution in [0.5, 0.6) is 0 Å². The van der Waals surface area contributed by atoms with E-state index in [0.29, 0.717) is 0 Å². The minimum atomic E-state index is -4.02. The lowest BCUT2D eigenvalue weighted by atomic mass is 9.87. The lowest BCUT2D eigenvalue weighted by Gasteiger charge is -2.19. The smallest absolute Gasteiger partial charge is 0.269 e. The Morgan fingerprint density at radius 1 is 0.969 bits per heavy atom. The fraction of sp³-hybridized carbons (Fsp3) is 0.227. The topological polar surface area (TPSA) is 101 Å². The molecule has 0 radical (unpaired) electrons. The van der Waals surface area contributed by atoms with Gasteiger partial charge in [-0.3, -0.25) is 14.3 Å². The van der Waals surface area contributed by atoms with Crippen LogP contribution in [0.2, 0.25) is 5.02 Å². The fourth-order valence-corrected chi connectivity index (χ4v) is 4.83. The van der Waals surface area contributed by atoms with E-state index in [1.807, 2.05) is 20.8 Å². The number of imidazole rings is 1. The van der Waals surface area contributed by atoms with Gasteiger partial charge in [-0.2, -0.15) is 0 Å². The zero-order valence-electron chi connectivity index (χ0n) is 17.9. The summed E-state index contributed by atoms with van der Waals surface area (Å²) in [7, 11) is -2.39. The third-order valence-electron chi connectivity index (χ3n) is 5.28. The highest BCUT2D eigenvalue weighted by Crippen LogP contribution is 2.37. The van der Waals surface area contributed by atoms with E-state index in [9.17, 15) is 18.0 Å². The highest BCUT2D eigenvalue weighted by molar-refractivity contribution is 7.92. The molecular weight excluding hydrogens is 452 g/mol. The van der Waals surface area contributed by atoms with Crippen LogP contribution in [0.15, 0.2) is 53.8 Å². The molecule has 3 aromatic rings. The van der Waals surface area contributed by atoms with E-state index < -0.39 is 21.8 Å². The summed E-state index contributed by atoms with van der Waals surface area (Å²) in [4.78, 5) is 31.1. The number of nitrogens with zero attached hydrogens (tertiary/aromatic N) is 3. The van der Waals surface area contributed by atoms with E-state index in [2.05, 4.69) is 9.71 Å². The van der Waals surface area contributed by atoms with Crippen LogP contribution < -0.4 is 9.62 Å². The number of anilines is 2. The molecule has 1 aliphatic rings. The molecule has 0 saturated heterocycles. The Labute approximate surface area is 190 Å². The summed E-state index contributed by atoms with van der Waals surface area (Å²) in [6.07, 6.45) is 2.82. The normalized spacial score (nSPS) is 14.1. The molecule has 0 fully saturated rings. The Balaban J connectivity index is 1.74. The van der Waals surface area contributed by atoms with E-state index >= 15 is 0 Å². The van der Waals surface area contributed by atoms with Crippen LogP contribution in [0.3, 0.4) is 0 Å². The summed E-state index contributed by atoms with van der Waals surface area (Å²) >= 11 is 6.22. The maximum Gasteiger partial charge on any atom is 0.269 e. The second-order valence-corrected chi connectivity index (χ2v) is 10.6. The van der Waals surface area contributed by atoms with Gasteiger partial charge in [-0.15, -0.1) is 0 Å². The van der Waals surface area contributed by atoms with Gasteiger partial charge in [0.1, 0.15) is 5.82 Å². The van der Waals surface area contributed by atoms with Crippen molar-refractivity contribution < 1.29 is 18.0 Å². The van der Waals surface area contributed by atoms with Gasteiger partial charge in [0.05, 0.1) is 39.3 Å². The highest BCUT2D eigenvalue weighted by Gasteiger charge is 2.42. The van der Waals surface area contributed by atoms with Gasteiger partial charge < -0.3 is 4.57 Å². The molecule has 166 valence electrons. The van der Waals surface area contributed by atoms with Crippen molar-refractivity contribution in [3.8, 4) is 0 Å². The number of carbonyl (C=O) groups excluding carboxylic acids is 2. The van der Waals surface area contributed by atoms with Crippen LogP contribution in [-0.2, 0) is 22.5 Å². The van der Waals surface area contributed by atoms with Gasteiger partial charge in [-0.05, 0) is 35.2 Å². The largest absolute Gasteiger partial charge is 0.320 e. The Bertz CT molecular complexity index is 1360. The van der Waals surface area contributed by atoms with Crippen LogP contribution in [0.4, 0.5) is 11.5 Å². The quantitative estimate of drug-likeness (QED) is 0.579. The summed E-state index contributed by atoms with van der Waals surface area (Å²) in [5.74, 6) is -1.08. The number of aryl methyl sites for hydroxylation is 1. The monoisotopic (exact) mass is 472 g/mol. The van der Waals surface area contributed by atoms with Gasteiger partial charge in [0.15, 0.2) is 0 Å². The molecule has 32 heavy (non-hydrogen) atoms. The summed E-state index contributed by atoms with van der Waals surface area (Å²) in [6.45, 7) is 6.09. The number of fused-ring (bicyclic) bond motifs is 1. The van der Waals surface area contributed by atoms with Crippen LogP contribution in [0.25, 0.3) is 0 Å². The Morgan fingerprint density at radius 2 is 1.59 bits per heavy atom. The zero-order valence-corrected chi connectivity index (χ0v) is 19.5. The standard InChI is InChI=1S/C22H21ClN4O4S/c1-22(2,3)13-5-7-14(8-6-13)32(30,31)25-16-10-9-15(23)18-19(16)21(29)27(20(18)28)17-11-24-12-26(17)4/h5-12,25H,1-4H3. The number of halogens is 1. The molecule has 10 heteroatoms. The van der Waals surface area contributed by atoms with Crippen molar-refractivity contribution >= 4 is 44.9 Å². The zero-order chi connectivity index (χ0) is 23.4. The first kappa shape index (κ1) is 22.0. The molecule has 1 aliphatic heterocycles. The van der Waals surface area contributed by atoms with E-state index in [1.54, 1.807) is 19.2 Å². The SMILES string of the molecule is Cn1cncc1N1C(=O)c2c(Cl)ccc(NS(=O)(=O)c3ccc(C(C)(C)C)cc3)c2C1=O. The van der Waals surface area contributed by atoms with Crippen molar-refractivity contribution in [3.05, 3.63) is 70.6 Å². The van der Waals surface area contributed by atoms with Crippen LogP contribution in [0.1, 0.15) is 47.1 Å². The van der Waals surface area contributed by atoms with Crippen molar-refractivity contribution in [2.45, 2.75) is 31.1 Å². The first-order chi connectivity index (χ1) is 14.9. The van der Waals surface area contributed by atoms with Gasteiger partial charge in [0.25, 0.3) is 21.8 Å². The predicted octanol–water partition coefficient (Wildman–Crippen LogP) is 3.97.